The van der Waals surface area contributed by atoms with E-state index in [4.69, 9.17) is 14.8 Å². The van der Waals surface area contributed by atoms with Gasteiger partial charge >= 0.3 is 20.4 Å². The summed E-state index contributed by atoms with van der Waals surface area (Å²) >= 11 is 0. The molecule has 3 heterocycles. The van der Waals surface area contributed by atoms with Crippen LogP contribution in [0.5, 0.6) is 11.5 Å². The molecule has 7 aromatic rings. The Morgan fingerprint density at radius 1 is 0.822 bits per heavy atom. The molecule has 0 saturated heterocycles. The van der Waals surface area contributed by atoms with Gasteiger partial charge in [-0.1, -0.05) is 74.8 Å². The van der Waals surface area contributed by atoms with Crippen molar-refractivity contribution in [1.82, 2.24) is 19.3 Å². The number of pyridine rings is 1. The van der Waals surface area contributed by atoms with Gasteiger partial charge in [0.05, 0.1) is 11.4 Å². The van der Waals surface area contributed by atoms with Crippen LogP contribution >= 0.6 is 0 Å². The third-order valence-electron chi connectivity index (χ3n) is 7.94. The Kier molecular flexibility index (Phi) is 8.72. The zero-order valence-electron chi connectivity index (χ0n) is 25.8. The monoisotopic (exact) mass is 680 g/mol. The van der Waals surface area contributed by atoms with Crippen LogP contribution in [0.4, 0.5) is 0 Å². The van der Waals surface area contributed by atoms with E-state index in [1.165, 1.54) is 16.8 Å². The summed E-state index contributed by atoms with van der Waals surface area (Å²) < 4.78 is 10.7. The quantitative estimate of drug-likeness (QED) is 0.119. The van der Waals surface area contributed by atoms with Crippen molar-refractivity contribution < 1.29 is 25.2 Å². The van der Waals surface area contributed by atoms with Crippen LogP contribution in [0, 0.1) is 25.0 Å². The number of aryl methyl sites for hydroxylation is 2. The van der Waals surface area contributed by atoms with E-state index >= 15 is 0 Å². The smallest absolute Gasteiger partial charge is 0.509 e. The Morgan fingerprint density at radius 3 is 2.38 bits per heavy atom. The van der Waals surface area contributed by atoms with E-state index in [2.05, 4.69) is 116 Å². The van der Waals surface area contributed by atoms with Crippen molar-refractivity contribution in [3.05, 3.63) is 132 Å². The molecule has 0 aliphatic carbocycles. The van der Waals surface area contributed by atoms with E-state index in [-0.39, 0.29) is 20.4 Å². The number of aromatic nitrogens is 4. The van der Waals surface area contributed by atoms with Crippen molar-refractivity contribution >= 4 is 21.8 Å². The molecule has 0 unspecified atom stereocenters. The summed E-state index contributed by atoms with van der Waals surface area (Å²) in [6.45, 7) is 8.74. The van der Waals surface area contributed by atoms with Crippen LogP contribution in [0.1, 0.15) is 37.7 Å². The summed E-state index contributed by atoms with van der Waals surface area (Å²) in [6.07, 6.45) is 3.59. The molecule has 0 aliphatic rings. The number of hydrogen-bond donors (Lipinski definition) is 0. The van der Waals surface area contributed by atoms with Crippen molar-refractivity contribution in [3.63, 3.8) is 0 Å². The molecule has 0 N–H and O–H groups in total. The third kappa shape index (κ3) is 5.84. The molecule has 7 rings (SSSR count). The molecule has 0 amide bonds. The minimum absolute atomic E-state index is 0. The molecule has 0 bridgehead atoms. The first-order chi connectivity index (χ1) is 21.5. The van der Waals surface area contributed by atoms with Crippen molar-refractivity contribution in [2.45, 2.75) is 40.5 Å². The molecule has 6 heteroatoms. The van der Waals surface area contributed by atoms with E-state index in [0.717, 1.165) is 57.4 Å². The SMILES string of the molecule is CCc1nn(-c2[c-]c(Oc3[c-]c4c(cc3)c3ccccc3n4-c3cc(C)ccn3)ccc2)c(CC(C)C)c1-c1ccccc1.[Pd+2]. The number of ether oxygens (including phenoxy) is 1. The molecule has 45 heavy (non-hydrogen) atoms. The Morgan fingerprint density at radius 2 is 1.60 bits per heavy atom. The second kappa shape index (κ2) is 12.9. The fourth-order valence-corrected chi connectivity index (χ4v) is 6.02. The molecule has 0 fully saturated rings. The molecule has 5 nitrogen and oxygen atoms in total. The van der Waals surface area contributed by atoms with E-state index in [1.54, 1.807) is 0 Å². The molecule has 3 aromatic heterocycles. The van der Waals surface area contributed by atoms with E-state index < -0.39 is 0 Å². The average molecular weight is 681 g/mol. The van der Waals surface area contributed by atoms with Crippen LogP contribution < -0.4 is 4.74 Å². The number of para-hydroxylation sites is 1. The van der Waals surface area contributed by atoms with Gasteiger partial charge in [0.15, 0.2) is 0 Å². The van der Waals surface area contributed by atoms with Gasteiger partial charge in [-0.15, -0.1) is 35.7 Å². The number of fused-ring (bicyclic) bond motifs is 3. The minimum atomic E-state index is 0. The second-order valence-electron chi connectivity index (χ2n) is 11.6. The van der Waals surface area contributed by atoms with Crippen LogP contribution in [0.3, 0.4) is 0 Å². The van der Waals surface area contributed by atoms with Gasteiger partial charge in [-0.05, 0) is 66.1 Å². The van der Waals surface area contributed by atoms with Crippen molar-refractivity contribution in [2.75, 3.05) is 0 Å². The van der Waals surface area contributed by atoms with Gasteiger partial charge in [0.25, 0.3) is 0 Å². The molecular formula is C39H34N4OPd. The third-order valence-corrected chi connectivity index (χ3v) is 7.94. The largest absolute Gasteiger partial charge is 2.00 e. The van der Waals surface area contributed by atoms with E-state index in [9.17, 15) is 0 Å². The Labute approximate surface area is 278 Å². The van der Waals surface area contributed by atoms with Crippen LogP contribution in [0.2, 0.25) is 0 Å². The van der Waals surface area contributed by atoms with Gasteiger partial charge < -0.3 is 9.30 Å². The molecular weight excluding hydrogens is 647 g/mol. The zero-order chi connectivity index (χ0) is 30.2. The van der Waals surface area contributed by atoms with Gasteiger partial charge in [0.1, 0.15) is 5.82 Å². The first kappa shape index (κ1) is 30.5. The maximum Gasteiger partial charge on any atom is 2.00 e. The number of hydrogen-bond acceptors (Lipinski definition) is 3. The average Bonchev–Trinajstić information content (AvgIpc) is 3.56. The molecule has 4 aromatic carbocycles. The van der Waals surface area contributed by atoms with Gasteiger partial charge in [-0.25, -0.2) is 4.98 Å². The van der Waals surface area contributed by atoms with Crippen LogP contribution in [-0.4, -0.2) is 19.3 Å². The number of nitrogens with zero attached hydrogens (tertiary/aromatic N) is 4. The minimum Gasteiger partial charge on any atom is -0.509 e. The summed E-state index contributed by atoms with van der Waals surface area (Å²) in [6, 6.07) is 40.2. The predicted octanol–water partition coefficient (Wildman–Crippen LogP) is 9.49. The van der Waals surface area contributed by atoms with Gasteiger partial charge in [-0.3, -0.25) is 4.68 Å². The standard InChI is InChI=1S/C39H34N4O.Pd/c1-5-34-39(28-12-7-6-8-13-28)37(22-26(2)3)43(41-34)29-14-11-15-30(24-29)44-31-18-19-33-32-16-9-10-17-35(32)42(36(33)25-31)38-23-27(4)20-21-40-38;/h6-21,23,26H,5,22H2,1-4H3;/q-2;+2. The zero-order valence-corrected chi connectivity index (χ0v) is 27.4. The number of benzene rings is 4. The van der Waals surface area contributed by atoms with Crippen LogP contribution in [0.15, 0.2) is 103 Å². The van der Waals surface area contributed by atoms with E-state index in [1.807, 2.05) is 36.5 Å². The van der Waals surface area contributed by atoms with Gasteiger partial charge in [0, 0.05) is 28.8 Å². The molecule has 0 aliphatic heterocycles. The van der Waals surface area contributed by atoms with Crippen molar-refractivity contribution in [3.8, 4) is 34.1 Å². The van der Waals surface area contributed by atoms with Gasteiger partial charge in [-0.2, -0.15) is 17.2 Å². The van der Waals surface area contributed by atoms with Crippen molar-refractivity contribution in [2.24, 2.45) is 5.92 Å². The predicted molar refractivity (Wildman–Crippen MR) is 178 cm³/mol. The first-order valence-electron chi connectivity index (χ1n) is 15.3. The maximum absolute atomic E-state index is 6.44. The molecule has 226 valence electrons. The molecule has 0 atom stereocenters. The first-order valence-corrected chi connectivity index (χ1v) is 15.3. The fraction of sp³-hybridized carbons (Fsp3) is 0.179. The Hall–Kier alpha value is -4.50. The summed E-state index contributed by atoms with van der Waals surface area (Å²) in [4.78, 5) is 4.69. The topological polar surface area (TPSA) is 44.9 Å². The van der Waals surface area contributed by atoms with E-state index in [0.29, 0.717) is 17.4 Å². The maximum atomic E-state index is 6.44. The Balaban J connectivity index is 0.00000357. The second-order valence-corrected chi connectivity index (χ2v) is 11.6. The normalized spacial score (nSPS) is 11.3. The summed E-state index contributed by atoms with van der Waals surface area (Å²) in [5.41, 5.74) is 8.70. The molecule has 0 spiro atoms. The molecule has 0 saturated carbocycles. The summed E-state index contributed by atoms with van der Waals surface area (Å²) in [7, 11) is 0. The van der Waals surface area contributed by atoms with Crippen LogP contribution in [-0.2, 0) is 33.3 Å². The summed E-state index contributed by atoms with van der Waals surface area (Å²) in [5, 5.41) is 7.36. The van der Waals surface area contributed by atoms with Crippen molar-refractivity contribution in [1.29, 1.82) is 0 Å². The Bertz CT molecular complexity index is 2110. The van der Waals surface area contributed by atoms with Crippen LogP contribution in [0.25, 0.3) is 44.4 Å². The fourth-order valence-electron chi connectivity index (χ4n) is 6.02. The number of rotatable bonds is 8. The van der Waals surface area contributed by atoms with Gasteiger partial charge in [0.2, 0.25) is 0 Å². The summed E-state index contributed by atoms with van der Waals surface area (Å²) in [5.74, 6) is 2.55. The molecule has 0 radical (unpaired) electrons.